The monoisotopic (exact) mass is 448 g/mol. The van der Waals surface area contributed by atoms with Crippen molar-refractivity contribution in [3.63, 3.8) is 0 Å². The van der Waals surface area contributed by atoms with Gasteiger partial charge in [-0.1, -0.05) is 28.1 Å². The second-order valence-electron chi connectivity index (χ2n) is 4.89. The van der Waals surface area contributed by atoms with Crippen molar-refractivity contribution < 1.29 is 26.7 Å². The van der Waals surface area contributed by atoms with Gasteiger partial charge in [-0.25, -0.2) is 26.7 Å². The van der Waals surface area contributed by atoms with E-state index in [1.54, 1.807) is 4.72 Å². The van der Waals surface area contributed by atoms with Crippen LogP contribution in [-0.4, -0.2) is 27.8 Å². The van der Waals surface area contributed by atoms with Gasteiger partial charge >= 0.3 is 0 Å². The number of carbonyl (C=O) groups excluding carboxylic acids is 1. The standard InChI is InChI=1S/C14H13BrN2O6S2/c15-11-6-5-9(7-10(11)8-18)14(19)17-25(22,23)13-4-2-1-3-12(13)24(16,20)21/h1-7,18H,8H2,(H,17,19)(H2,16,20,21). The Balaban J connectivity index is 2.42. The Bertz CT molecular complexity index is 1040. The number of hydrogen-bond acceptors (Lipinski definition) is 6. The van der Waals surface area contributed by atoms with Gasteiger partial charge in [0.05, 0.1) is 6.61 Å². The topological polar surface area (TPSA) is 144 Å². The zero-order valence-corrected chi connectivity index (χ0v) is 15.7. The minimum absolute atomic E-state index is 0.0242. The van der Waals surface area contributed by atoms with Crippen LogP contribution in [-0.2, 0) is 26.7 Å². The lowest BCUT2D eigenvalue weighted by Crippen LogP contribution is -2.32. The van der Waals surface area contributed by atoms with Gasteiger partial charge in [-0.3, -0.25) is 4.79 Å². The zero-order chi connectivity index (χ0) is 18.8. The smallest absolute Gasteiger partial charge is 0.265 e. The molecule has 134 valence electrons. The molecule has 0 saturated carbocycles. The number of aliphatic hydroxyl groups is 1. The molecule has 0 aromatic heterocycles. The molecule has 25 heavy (non-hydrogen) atoms. The summed E-state index contributed by atoms with van der Waals surface area (Å²) in [5.74, 6) is -0.980. The zero-order valence-electron chi connectivity index (χ0n) is 12.5. The lowest BCUT2D eigenvalue weighted by Gasteiger charge is -2.11. The van der Waals surface area contributed by atoms with E-state index in [0.717, 1.165) is 12.1 Å². The largest absolute Gasteiger partial charge is 0.392 e. The number of carbonyl (C=O) groups is 1. The Morgan fingerprint density at radius 1 is 1.08 bits per heavy atom. The van der Waals surface area contributed by atoms with Crippen molar-refractivity contribution in [1.82, 2.24) is 4.72 Å². The highest BCUT2D eigenvalue weighted by molar-refractivity contribution is 9.10. The molecule has 0 aliphatic rings. The quantitative estimate of drug-likeness (QED) is 0.613. The van der Waals surface area contributed by atoms with E-state index < -0.39 is 35.7 Å². The first-order chi connectivity index (χ1) is 11.6. The van der Waals surface area contributed by atoms with Gasteiger partial charge in [0, 0.05) is 10.0 Å². The third-order valence-corrected chi connectivity index (χ3v) is 6.41. The SMILES string of the molecule is NS(=O)(=O)c1ccccc1S(=O)(=O)NC(=O)c1ccc(Br)c(CO)c1. The number of aliphatic hydroxyl groups excluding tert-OH is 1. The Morgan fingerprint density at radius 3 is 2.24 bits per heavy atom. The molecule has 4 N–H and O–H groups in total. The summed E-state index contributed by atoms with van der Waals surface area (Å²) < 4.78 is 50.2. The van der Waals surface area contributed by atoms with Crippen molar-refractivity contribution in [2.45, 2.75) is 16.4 Å². The summed E-state index contributed by atoms with van der Waals surface area (Å²) >= 11 is 3.18. The number of amides is 1. The third kappa shape index (κ3) is 4.44. The van der Waals surface area contributed by atoms with Crippen molar-refractivity contribution >= 4 is 41.9 Å². The lowest BCUT2D eigenvalue weighted by molar-refractivity contribution is 0.0981. The summed E-state index contributed by atoms with van der Waals surface area (Å²) in [7, 11) is -8.79. The molecule has 8 nitrogen and oxygen atoms in total. The van der Waals surface area contributed by atoms with Gasteiger partial charge in [0.2, 0.25) is 10.0 Å². The number of benzene rings is 2. The van der Waals surface area contributed by atoms with Crippen molar-refractivity contribution in [3.8, 4) is 0 Å². The van der Waals surface area contributed by atoms with Crippen LogP contribution in [0.25, 0.3) is 0 Å². The van der Waals surface area contributed by atoms with E-state index in [1.165, 1.54) is 30.3 Å². The van der Waals surface area contributed by atoms with Crippen LogP contribution < -0.4 is 9.86 Å². The summed E-state index contributed by atoms with van der Waals surface area (Å²) in [6.45, 7) is -0.358. The van der Waals surface area contributed by atoms with Crippen molar-refractivity contribution in [1.29, 1.82) is 0 Å². The van der Waals surface area contributed by atoms with E-state index in [0.29, 0.717) is 10.0 Å². The molecule has 0 aliphatic heterocycles. The molecule has 11 heteroatoms. The number of nitrogens with two attached hydrogens (primary N) is 1. The molecule has 2 rings (SSSR count). The Morgan fingerprint density at radius 2 is 1.68 bits per heavy atom. The number of halogens is 1. The van der Waals surface area contributed by atoms with E-state index >= 15 is 0 Å². The second kappa shape index (κ2) is 7.22. The summed E-state index contributed by atoms with van der Waals surface area (Å²) in [4.78, 5) is 10.9. The molecule has 0 heterocycles. The number of nitrogens with one attached hydrogen (secondary N) is 1. The fraction of sp³-hybridized carbons (Fsp3) is 0.0714. The normalized spacial score (nSPS) is 12.0. The molecule has 0 unspecified atom stereocenters. The fourth-order valence-corrected chi connectivity index (χ4v) is 4.71. The minimum Gasteiger partial charge on any atom is -0.392 e. The highest BCUT2D eigenvalue weighted by atomic mass is 79.9. The van der Waals surface area contributed by atoms with E-state index in [4.69, 9.17) is 5.14 Å². The van der Waals surface area contributed by atoms with Crippen molar-refractivity contribution in [3.05, 3.63) is 58.1 Å². The summed E-state index contributed by atoms with van der Waals surface area (Å²) in [5, 5.41) is 14.2. The van der Waals surface area contributed by atoms with Crippen molar-refractivity contribution in [2.75, 3.05) is 0 Å². The van der Waals surface area contributed by atoms with Gasteiger partial charge < -0.3 is 5.11 Å². The first kappa shape index (κ1) is 19.5. The fourth-order valence-electron chi connectivity index (χ4n) is 1.98. The highest BCUT2D eigenvalue weighted by Crippen LogP contribution is 2.21. The van der Waals surface area contributed by atoms with Gasteiger partial charge in [0.15, 0.2) is 0 Å². The molecular formula is C14H13BrN2O6S2. The Hall–Kier alpha value is -1.79. The van der Waals surface area contributed by atoms with E-state index in [9.17, 15) is 26.7 Å². The van der Waals surface area contributed by atoms with Gasteiger partial charge in [0.25, 0.3) is 15.9 Å². The maximum absolute atomic E-state index is 12.4. The maximum atomic E-state index is 12.4. The van der Waals surface area contributed by atoms with Crippen LogP contribution >= 0.6 is 15.9 Å². The molecule has 0 bridgehead atoms. The lowest BCUT2D eigenvalue weighted by atomic mass is 10.1. The van der Waals surface area contributed by atoms with Crippen LogP contribution in [0.2, 0.25) is 0 Å². The number of sulfonamides is 2. The predicted molar refractivity (Wildman–Crippen MR) is 92.5 cm³/mol. The summed E-state index contributed by atoms with van der Waals surface area (Å²) in [5.41, 5.74) is 0.360. The first-order valence-electron chi connectivity index (χ1n) is 6.64. The van der Waals surface area contributed by atoms with Crippen LogP contribution in [0.4, 0.5) is 0 Å². The van der Waals surface area contributed by atoms with Crippen LogP contribution in [0.1, 0.15) is 15.9 Å². The van der Waals surface area contributed by atoms with E-state index in [1.807, 2.05) is 0 Å². The van der Waals surface area contributed by atoms with Gasteiger partial charge in [-0.15, -0.1) is 0 Å². The number of primary sulfonamides is 1. The number of rotatable bonds is 5. The molecule has 0 radical (unpaired) electrons. The van der Waals surface area contributed by atoms with E-state index in [2.05, 4.69) is 15.9 Å². The molecule has 0 atom stereocenters. The third-order valence-electron chi connectivity index (χ3n) is 3.15. The van der Waals surface area contributed by atoms with Gasteiger partial charge in [-0.05, 0) is 35.9 Å². The van der Waals surface area contributed by atoms with Crippen LogP contribution in [0.15, 0.2) is 56.7 Å². The second-order valence-corrected chi connectivity index (χ2v) is 8.93. The van der Waals surface area contributed by atoms with Gasteiger partial charge in [0.1, 0.15) is 9.79 Å². The summed E-state index contributed by atoms with van der Waals surface area (Å²) in [6, 6.07) is 8.79. The first-order valence-corrected chi connectivity index (χ1v) is 10.5. The minimum atomic E-state index is -4.48. The molecule has 0 aliphatic carbocycles. The molecule has 1 amide bonds. The Kier molecular flexibility index (Phi) is 5.64. The molecule has 0 fully saturated rings. The average molecular weight is 449 g/mol. The molecule has 0 saturated heterocycles. The average Bonchev–Trinajstić information content (AvgIpc) is 2.54. The molecular weight excluding hydrogens is 436 g/mol. The van der Waals surface area contributed by atoms with Crippen LogP contribution in [0, 0.1) is 0 Å². The van der Waals surface area contributed by atoms with E-state index in [-0.39, 0.29) is 12.2 Å². The van der Waals surface area contributed by atoms with Gasteiger partial charge in [-0.2, -0.15) is 0 Å². The predicted octanol–water partition coefficient (Wildman–Crippen LogP) is 0.708. The highest BCUT2D eigenvalue weighted by Gasteiger charge is 2.26. The molecule has 2 aromatic carbocycles. The molecule has 2 aromatic rings. The van der Waals surface area contributed by atoms with Crippen LogP contribution in [0.5, 0.6) is 0 Å². The van der Waals surface area contributed by atoms with Crippen molar-refractivity contribution in [2.24, 2.45) is 5.14 Å². The Labute approximate surface area is 152 Å². The maximum Gasteiger partial charge on any atom is 0.265 e. The number of hydrogen-bond donors (Lipinski definition) is 3. The molecule has 0 spiro atoms. The van der Waals surface area contributed by atoms with Crippen LogP contribution in [0.3, 0.4) is 0 Å². The summed E-state index contributed by atoms with van der Waals surface area (Å²) in [6.07, 6.45) is 0.